The summed E-state index contributed by atoms with van der Waals surface area (Å²) >= 11 is 0. The zero-order valence-electron chi connectivity index (χ0n) is 17.5. The Hall–Kier alpha value is -3.40. The van der Waals surface area contributed by atoms with Gasteiger partial charge in [0.1, 0.15) is 11.6 Å². The largest absolute Gasteiger partial charge is 0.323 e. The van der Waals surface area contributed by atoms with Crippen LogP contribution in [0.3, 0.4) is 0 Å². The zero-order chi connectivity index (χ0) is 20.5. The third-order valence-electron chi connectivity index (χ3n) is 5.80. The number of aromatic nitrogens is 4. The minimum absolute atomic E-state index is 0.845. The predicted octanol–water partition coefficient (Wildman–Crippen LogP) is 5.61. The van der Waals surface area contributed by atoms with E-state index in [1.165, 1.54) is 22.2 Å². The van der Waals surface area contributed by atoms with Crippen LogP contribution < -0.4 is 0 Å². The molecule has 0 aliphatic heterocycles. The standard InChI is InChI=1S/C26H26N4/c1-3-25-27-21-9-5-7-11-23(21)29(25)17-19-13-15-20(16-14-19)18-30-24-12-8-6-10-22(24)28-26(30)4-2/h5-16H,3-4,17-18H2,1-2H3. The van der Waals surface area contributed by atoms with E-state index in [0.29, 0.717) is 0 Å². The first-order chi connectivity index (χ1) is 14.8. The molecule has 0 atom stereocenters. The lowest BCUT2D eigenvalue weighted by atomic mass is 10.1. The van der Waals surface area contributed by atoms with Gasteiger partial charge in [-0.2, -0.15) is 0 Å². The Morgan fingerprint density at radius 1 is 0.567 bits per heavy atom. The Labute approximate surface area is 176 Å². The molecule has 150 valence electrons. The van der Waals surface area contributed by atoms with Crippen molar-refractivity contribution in [1.29, 1.82) is 0 Å². The van der Waals surface area contributed by atoms with Crippen molar-refractivity contribution in [2.45, 2.75) is 39.8 Å². The van der Waals surface area contributed by atoms with E-state index in [4.69, 9.17) is 9.97 Å². The summed E-state index contributed by atoms with van der Waals surface area (Å²) in [7, 11) is 0. The van der Waals surface area contributed by atoms with E-state index in [9.17, 15) is 0 Å². The number of rotatable bonds is 6. The number of benzene rings is 3. The topological polar surface area (TPSA) is 35.6 Å². The first-order valence-electron chi connectivity index (χ1n) is 10.7. The SMILES string of the molecule is CCc1nc2ccccc2n1Cc1ccc(Cn2c(CC)nc3ccccc32)cc1. The van der Waals surface area contributed by atoms with Gasteiger partial charge in [0, 0.05) is 25.9 Å². The summed E-state index contributed by atoms with van der Waals surface area (Å²) < 4.78 is 4.67. The first-order valence-corrected chi connectivity index (χ1v) is 10.7. The maximum absolute atomic E-state index is 4.80. The third-order valence-corrected chi connectivity index (χ3v) is 5.80. The van der Waals surface area contributed by atoms with Gasteiger partial charge in [-0.25, -0.2) is 9.97 Å². The van der Waals surface area contributed by atoms with Crippen LogP contribution in [0.5, 0.6) is 0 Å². The van der Waals surface area contributed by atoms with E-state index in [1.807, 2.05) is 0 Å². The summed E-state index contributed by atoms with van der Waals surface area (Å²) in [5.74, 6) is 2.27. The summed E-state index contributed by atoms with van der Waals surface area (Å²) in [5, 5.41) is 0. The lowest BCUT2D eigenvalue weighted by Crippen LogP contribution is -2.06. The van der Waals surface area contributed by atoms with Gasteiger partial charge in [0.15, 0.2) is 0 Å². The van der Waals surface area contributed by atoms with Gasteiger partial charge in [0.2, 0.25) is 0 Å². The molecule has 0 aliphatic rings. The Morgan fingerprint density at radius 2 is 0.967 bits per heavy atom. The van der Waals surface area contributed by atoms with Crippen molar-refractivity contribution in [3.05, 3.63) is 95.6 Å². The summed E-state index contributed by atoms with van der Waals surface area (Å²) in [6, 6.07) is 25.8. The Morgan fingerprint density at radius 3 is 1.37 bits per heavy atom. The molecule has 0 fully saturated rings. The lowest BCUT2D eigenvalue weighted by Gasteiger charge is -2.11. The predicted molar refractivity (Wildman–Crippen MR) is 123 cm³/mol. The average Bonchev–Trinajstić information content (AvgIpc) is 3.33. The van der Waals surface area contributed by atoms with E-state index in [1.54, 1.807) is 0 Å². The molecule has 0 unspecified atom stereocenters. The molecule has 0 N–H and O–H groups in total. The number of para-hydroxylation sites is 4. The molecule has 0 saturated heterocycles. The molecule has 2 aromatic heterocycles. The van der Waals surface area contributed by atoms with Crippen molar-refractivity contribution in [3.8, 4) is 0 Å². The second-order valence-electron chi connectivity index (χ2n) is 7.73. The van der Waals surface area contributed by atoms with Crippen LogP contribution in [0.15, 0.2) is 72.8 Å². The number of imidazole rings is 2. The summed E-state index contributed by atoms with van der Waals surface area (Å²) in [6.07, 6.45) is 1.86. The molecular formula is C26H26N4. The Kier molecular flexibility index (Phi) is 4.83. The van der Waals surface area contributed by atoms with Crippen LogP contribution in [0, 0.1) is 0 Å². The molecule has 4 heteroatoms. The van der Waals surface area contributed by atoms with Gasteiger partial charge in [-0.1, -0.05) is 62.4 Å². The maximum atomic E-state index is 4.80. The molecule has 4 nitrogen and oxygen atoms in total. The van der Waals surface area contributed by atoms with Gasteiger partial charge in [0.05, 0.1) is 22.1 Å². The van der Waals surface area contributed by atoms with E-state index in [-0.39, 0.29) is 0 Å². The fourth-order valence-electron chi connectivity index (χ4n) is 4.26. The normalized spacial score (nSPS) is 11.5. The van der Waals surface area contributed by atoms with Gasteiger partial charge in [-0.3, -0.25) is 0 Å². The van der Waals surface area contributed by atoms with Crippen LogP contribution in [0.4, 0.5) is 0 Å². The van der Waals surface area contributed by atoms with Crippen molar-refractivity contribution in [1.82, 2.24) is 19.1 Å². The van der Waals surface area contributed by atoms with Crippen molar-refractivity contribution in [2.75, 3.05) is 0 Å². The van der Waals surface area contributed by atoms with E-state index in [2.05, 4.69) is 95.8 Å². The van der Waals surface area contributed by atoms with Crippen LogP contribution in [0.25, 0.3) is 22.1 Å². The average molecular weight is 395 g/mol. The Balaban J connectivity index is 1.42. The third kappa shape index (κ3) is 3.28. The number of hydrogen-bond donors (Lipinski definition) is 0. The van der Waals surface area contributed by atoms with Crippen molar-refractivity contribution in [2.24, 2.45) is 0 Å². The summed E-state index contributed by atoms with van der Waals surface area (Å²) in [5.41, 5.74) is 7.15. The fourth-order valence-corrected chi connectivity index (χ4v) is 4.26. The molecule has 0 aliphatic carbocycles. The highest BCUT2D eigenvalue weighted by molar-refractivity contribution is 5.76. The maximum Gasteiger partial charge on any atom is 0.109 e. The number of nitrogens with zero attached hydrogens (tertiary/aromatic N) is 4. The quantitative estimate of drug-likeness (QED) is 0.375. The molecule has 0 amide bonds. The molecule has 2 heterocycles. The van der Waals surface area contributed by atoms with Crippen molar-refractivity contribution in [3.63, 3.8) is 0 Å². The lowest BCUT2D eigenvalue weighted by molar-refractivity contribution is 0.744. The molecular weight excluding hydrogens is 368 g/mol. The fraction of sp³-hybridized carbons (Fsp3) is 0.231. The summed E-state index contributed by atoms with van der Waals surface area (Å²) in [4.78, 5) is 9.59. The number of fused-ring (bicyclic) bond motifs is 2. The highest BCUT2D eigenvalue weighted by atomic mass is 15.1. The van der Waals surface area contributed by atoms with E-state index >= 15 is 0 Å². The highest BCUT2D eigenvalue weighted by Gasteiger charge is 2.11. The van der Waals surface area contributed by atoms with Gasteiger partial charge < -0.3 is 9.13 Å². The zero-order valence-corrected chi connectivity index (χ0v) is 17.5. The van der Waals surface area contributed by atoms with Crippen LogP contribution in [0.1, 0.15) is 36.6 Å². The van der Waals surface area contributed by atoms with Crippen LogP contribution >= 0.6 is 0 Å². The highest BCUT2D eigenvalue weighted by Crippen LogP contribution is 2.21. The summed E-state index contributed by atoms with van der Waals surface area (Å²) in [6.45, 7) is 6.03. The minimum atomic E-state index is 0.845. The van der Waals surface area contributed by atoms with Crippen molar-refractivity contribution < 1.29 is 0 Å². The van der Waals surface area contributed by atoms with Crippen LogP contribution in [-0.4, -0.2) is 19.1 Å². The smallest absolute Gasteiger partial charge is 0.109 e. The molecule has 0 saturated carbocycles. The second kappa shape index (κ2) is 7.79. The molecule has 0 spiro atoms. The minimum Gasteiger partial charge on any atom is -0.323 e. The van der Waals surface area contributed by atoms with Gasteiger partial charge >= 0.3 is 0 Å². The second-order valence-corrected chi connectivity index (χ2v) is 7.73. The number of hydrogen-bond acceptors (Lipinski definition) is 2. The van der Waals surface area contributed by atoms with Crippen molar-refractivity contribution >= 4 is 22.1 Å². The molecule has 0 bridgehead atoms. The van der Waals surface area contributed by atoms with Crippen LogP contribution in [-0.2, 0) is 25.9 Å². The molecule has 5 rings (SSSR count). The van der Waals surface area contributed by atoms with Gasteiger partial charge in [0.25, 0.3) is 0 Å². The van der Waals surface area contributed by atoms with E-state index < -0.39 is 0 Å². The molecule has 0 radical (unpaired) electrons. The van der Waals surface area contributed by atoms with Gasteiger partial charge in [-0.15, -0.1) is 0 Å². The van der Waals surface area contributed by atoms with E-state index in [0.717, 1.165) is 48.6 Å². The molecule has 5 aromatic rings. The first kappa shape index (κ1) is 18.6. The number of aryl methyl sites for hydroxylation is 2. The van der Waals surface area contributed by atoms with Gasteiger partial charge in [-0.05, 0) is 35.4 Å². The van der Waals surface area contributed by atoms with Crippen LogP contribution in [0.2, 0.25) is 0 Å². The monoisotopic (exact) mass is 394 g/mol. The molecule has 3 aromatic carbocycles. The Bertz CT molecular complexity index is 1210. The molecule has 30 heavy (non-hydrogen) atoms.